The predicted molar refractivity (Wildman–Crippen MR) is 53.8 cm³/mol. The second-order valence-electron chi connectivity index (χ2n) is 3.53. The first-order valence-electron chi connectivity index (χ1n) is 4.97. The predicted octanol–water partition coefficient (Wildman–Crippen LogP) is 1.20. The van der Waals surface area contributed by atoms with Crippen LogP contribution in [-0.4, -0.2) is 47.4 Å². The minimum atomic E-state index is -1.21. The van der Waals surface area contributed by atoms with Crippen LogP contribution in [0, 0.1) is 0 Å². The number of carboxylic acid groups (broad SMARTS) is 1. The van der Waals surface area contributed by atoms with Gasteiger partial charge in [-0.25, -0.2) is 14.0 Å². The number of halogens is 1. The zero-order chi connectivity index (χ0) is 12.1. The third-order valence-electron chi connectivity index (χ3n) is 2.38. The van der Waals surface area contributed by atoms with Crippen molar-refractivity contribution in [3.63, 3.8) is 0 Å². The van der Waals surface area contributed by atoms with Crippen LogP contribution in [0.25, 0.3) is 0 Å². The molecule has 2 atom stereocenters. The zero-order valence-corrected chi connectivity index (χ0v) is 8.76. The SMILES string of the molecule is C=CCOC(=O)N1CC[C@@H](F)C[C@H]1C(=O)O. The first-order chi connectivity index (χ1) is 7.56. The van der Waals surface area contributed by atoms with Gasteiger partial charge < -0.3 is 9.84 Å². The molecular weight excluding hydrogens is 217 g/mol. The first kappa shape index (κ1) is 12.5. The topological polar surface area (TPSA) is 66.8 Å². The summed E-state index contributed by atoms with van der Waals surface area (Å²) in [5.41, 5.74) is 0. The van der Waals surface area contributed by atoms with Crippen molar-refractivity contribution in [1.82, 2.24) is 4.90 Å². The molecule has 1 saturated heterocycles. The summed E-state index contributed by atoms with van der Waals surface area (Å²) in [5, 5.41) is 8.86. The molecule has 6 heteroatoms. The van der Waals surface area contributed by atoms with Crippen LogP contribution >= 0.6 is 0 Å². The van der Waals surface area contributed by atoms with E-state index in [9.17, 15) is 14.0 Å². The van der Waals surface area contributed by atoms with Gasteiger partial charge in [0, 0.05) is 13.0 Å². The van der Waals surface area contributed by atoms with Gasteiger partial charge in [0.05, 0.1) is 0 Å². The monoisotopic (exact) mass is 231 g/mol. The molecule has 1 fully saturated rings. The smallest absolute Gasteiger partial charge is 0.410 e. The maximum absolute atomic E-state index is 13.0. The minimum absolute atomic E-state index is 0.0146. The lowest BCUT2D eigenvalue weighted by Crippen LogP contribution is -2.50. The van der Waals surface area contributed by atoms with Gasteiger partial charge in [-0.2, -0.15) is 0 Å². The normalized spacial score (nSPS) is 24.9. The van der Waals surface area contributed by atoms with E-state index in [-0.39, 0.29) is 26.0 Å². The number of piperidine rings is 1. The Labute approximate surface area is 92.5 Å². The fourth-order valence-electron chi connectivity index (χ4n) is 1.59. The van der Waals surface area contributed by atoms with E-state index in [2.05, 4.69) is 6.58 Å². The molecule has 1 heterocycles. The average molecular weight is 231 g/mol. The molecule has 0 radical (unpaired) electrons. The van der Waals surface area contributed by atoms with Gasteiger partial charge >= 0.3 is 12.1 Å². The number of rotatable bonds is 3. The summed E-state index contributed by atoms with van der Waals surface area (Å²) in [5.74, 6) is -1.21. The second kappa shape index (κ2) is 5.48. The molecule has 0 aromatic heterocycles. The quantitative estimate of drug-likeness (QED) is 0.741. The maximum Gasteiger partial charge on any atom is 0.410 e. The number of hydrogen-bond acceptors (Lipinski definition) is 3. The van der Waals surface area contributed by atoms with Crippen LogP contribution in [0.15, 0.2) is 12.7 Å². The fraction of sp³-hybridized carbons (Fsp3) is 0.600. The highest BCUT2D eigenvalue weighted by atomic mass is 19.1. The average Bonchev–Trinajstić information content (AvgIpc) is 2.25. The van der Waals surface area contributed by atoms with Crippen molar-refractivity contribution in [3.8, 4) is 0 Å². The van der Waals surface area contributed by atoms with Gasteiger partial charge in [0.25, 0.3) is 0 Å². The van der Waals surface area contributed by atoms with Crippen LogP contribution in [-0.2, 0) is 9.53 Å². The van der Waals surface area contributed by atoms with E-state index in [4.69, 9.17) is 9.84 Å². The Balaban J connectivity index is 2.64. The van der Waals surface area contributed by atoms with Crippen LogP contribution in [0.4, 0.5) is 9.18 Å². The van der Waals surface area contributed by atoms with Gasteiger partial charge in [-0.15, -0.1) is 0 Å². The summed E-state index contributed by atoms with van der Waals surface area (Å²) in [7, 11) is 0. The number of amides is 1. The van der Waals surface area contributed by atoms with Crippen molar-refractivity contribution >= 4 is 12.1 Å². The van der Waals surface area contributed by atoms with E-state index < -0.39 is 24.3 Å². The van der Waals surface area contributed by atoms with Crippen LogP contribution < -0.4 is 0 Å². The Hall–Kier alpha value is -1.59. The van der Waals surface area contributed by atoms with Gasteiger partial charge in [0.1, 0.15) is 18.8 Å². The van der Waals surface area contributed by atoms with Crippen molar-refractivity contribution in [2.45, 2.75) is 25.1 Å². The van der Waals surface area contributed by atoms with Gasteiger partial charge in [-0.05, 0) is 6.42 Å². The van der Waals surface area contributed by atoms with Crippen molar-refractivity contribution in [3.05, 3.63) is 12.7 Å². The van der Waals surface area contributed by atoms with Crippen molar-refractivity contribution in [2.75, 3.05) is 13.2 Å². The number of alkyl halides is 1. The molecule has 1 aliphatic heterocycles. The van der Waals surface area contributed by atoms with Crippen molar-refractivity contribution in [2.24, 2.45) is 0 Å². The van der Waals surface area contributed by atoms with Crippen LogP contribution in [0.1, 0.15) is 12.8 Å². The maximum atomic E-state index is 13.0. The molecule has 0 aliphatic carbocycles. The molecule has 1 N–H and O–H groups in total. The minimum Gasteiger partial charge on any atom is -0.480 e. The van der Waals surface area contributed by atoms with Crippen LogP contribution in [0.2, 0.25) is 0 Å². The van der Waals surface area contributed by atoms with E-state index >= 15 is 0 Å². The Bertz CT molecular complexity index is 295. The molecule has 1 rings (SSSR count). The Morgan fingerprint density at radius 3 is 2.88 bits per heavy atom. The lowest BCUT2D eigenvalue weighted by atomic mass is 10.0. The van der Waals surface area contributed by atoms with Crippen LogP contribution in [0.5, 0.6) is 0 Å². The molecule has 0 bridgehead atoms. The molecule has 90 valence electrons. The summed E-state index contributed by atoms with van der Waals surface area (Å²) in [6, 6.07) is -1.14. The number of nitrogens with zero attached hydrogens (tertiary/aromatic N) is 1. The van der Waals surface area contributed by atoms with Gasteiger partial charge in [0.2, 0.25) is 0 Å². The molecule has 1 amide bonds. The summed E-state index contributed by atoms with van der Waals surface area (Å²) in [6.07, 6.45) is -0.565. The van der Waals surface area contributed by atoms with E-state index in [1.807, 2.05) is 0 Å². The Morgan fingerprint density at radius 2 is 2.31 bits per heavy atom. The molecule has 0 unspecified atom stereocenters. The number of carbonyl (C=O) groups excluding carboxylic acids is 1. The third kappa shape index (κ3) is 2.95. The molecule has 5 nitrogen and oxygen atoms in total. The second-order valence-corrected chi connectivity index (χ2v) is 3.53. The number of ether oxygens (including phenoxy) is 1. The Kier molecular flexibility index (Phi) is 4.28. The highest BCUT2D eigenvalue weighted by molar-refractivity contribution is 5.80. The largest absolute Gasteiger partial charge is 0.480 e. The van der Waals surface area contributed by atoms with E-state index in [0.29, 0.717) is 0 Å². The summed E-state index contributed by atoms with van der Waals surface area (Å²) < 4.78 is 17.8. The van der Waals surface area contributed by atoms with E-state index in [0.717, 1.165) is 4.90 Å². The number of carbonyl (C=O) groups is 2. The van der Waals surface area contributed by atoms with Crippen molar-refractivity contribution < 1.29 is 23.8 Å². The van der Waals surface area contributed by atoms with E-state index in [1.54, 1.807) is 0 Å². The van der Waals surface area contributed by atoms with E-state index in [1.165, 1.54) is 6.08 Å². The Morgan fingerprint density at radius 1 is 1.62 bits per heavy atom. The lowest BCUT2D eigenvalue weighted by Gasteiger charge is -2.33. The first-order valence-corrected chi connectivity index (χ1v) is 4.97. The summed E-state index contributed by atoms with van der Waals surface area (Å²) in [4.78, 5) is 23.3. The number of likely N-dealkylation sites (tertiary alicyclic amines) is 1. The molecule has 0 saturated carbocycles. The van der Waals surface area contributed by atoms with Gasteiger partial charge in [-0.3, -0.25) is 4.90 Å². The molecule has 0 aromatic carbocycles. The van der Waals surface area contributed by atoms with Gasteiger partial charge in [-0.1, -0.05) is 12.7 Å². The molecule has 0 spiro atoms. The summed E-state index contributed by atoms with van der Waals surface area (Å²) >= 11 is 0. The van der Waals surface area contributed by atoms with Crippen LogP contribution in [0.3, 0.4) is 0 Å². The lowest BCUT2D eigenvalue weighted by molar-refractivity contribution is -0.144. The fourth-order valence-corrected chi connectivity index (χ4v) is 1.59. The van der Waals surface area contributed by atoms with Crippen molar-refractivity contribution in [1.29, 1.82) is 0 Å². The zero-order valence-electron chi connectivity index (χ0n) is 8.76. The molecular formula is C10H14FNO4. The molecule has 1 aliphatic rings. The third-order valence-corrected chi connectivity index (χ3v) is 2.38. The molecule has 0 aromatic rings. The van der Waals surface area contributed by atoms with Gasteiger partial charge in [0.15, 0.2) is 0 Å². The number of aliphatic carboxylic acids is 1. The molecule has 16 heavy (non-hydrogen) atoms. The highest BCUT2D eigenvalue weighted by Crippen LogP contribution is 2.21. The summed E-state index contributed by atoms with van der Waals surface area (Å²) in [6.45, 7) is 3.45. The number of hydrogen-bond donors (Lipinski definition) is 1. The standard InChI is InChI=1S/C10H14FNO4/c1-2-5-16-10(15)12-4-3-7(11)6-8(12)9(13)14/h2,7-8H,1,3-6H2,(H,13,14)/t7-,8+/m1/s1. The highest BCUT2D eigenvalue weighted by Gasteiger charge is 2.37. The number of carboxylic acids is 1.